The Hall–Kier alpha value is -0.770. The fourth-order valence-corrected chi connectivity index (χ4v) is 2.22. The van der Waals surface area contributed by atoms with Crippen molar-refractivity contribution < 1.29 is 0 Å². The standard InChI is InChI=1S/C12H18ClN3/c1-15-4-6-16(7-5-15)12-8-11(13)3-2-10(12)9-14/h2-3,8H,4-7,9,14H2,1H3. The maximum absolute atomic E-state index is 6.04. The van der Waals surface area contributed by atoms with E-state index >= 15 is 0 Å². The molecule has 4 heteroatoms. The molecular formula is C12H18ClN3. The van der Waals surface area contributed by atoms with Crippen molar-refractivity contribution in [1.82, 2.24) is 4.90 Å². The normalized spacial score (nSPS) is 17.8. The molecule has 1 aromatic carbocycles. The zero-order valence-corrected chi connectivity index (χ0v) is 10.4. The van der Waals surface area contributed by atoms with Gasteiger partial charge in [-0.2, -0.15) is 0 Å². The summed E-state index contributed by atoms with van der Waals surface area (Å²) in [5, 5.41) is 0.783. The second-order valence-corrected chi connectivity index (χ2v) is 4.70. The average molecular weight is 240 g/mol. The zero-order valence-electron chi connectivity index (χ0n) is 9.62. The van der Waals surface area contributed by atoms with E-state index in [0.717, 1.165) is 31.2 Å². The van der Waals surface area contributed by atoms with Crippen LogP contribution in [0.4, 0.5) is 5.69 Å². The second-order valence-electron chi connectivity index (χ2n) is 4.27. The number of nitrogens with two attached hydrogens (primary N) is 1. The number of rotatable bonds is 2. The van der Waals surface area contributed by atoms with Crippen LogP contribution in [0, 0.1) is 0 Å². The largest absolute Gasteiger partial charge is 0.369 e. The molecule has 0 radical (unpaired) electrons. The molecule has 0 aliphatic carbocycles. The molecule has 1 aliphatic heterocycles. The van der Waals surface area contributed by atoms with Gasteiger partial charge in [0.1, 0.15) is 0 Å². The number of halogens is 1. The lowest BCUT2D eigenvalue weighted by Gasteiger charge is -2.35. The minimum atomic E-state index is 0.568. The van der Waals surface area contributed by atoms with Gasteiger partial charge in [0.25, 0.3) is 0 Å². The molecule has 1 saturated heterocycles. The first kappa shape index (κ1) is 11.7. The van der Waals surface area contributed by atoms with Gasteiger partial charge in [0, 0.05) is 43.4 Å². The van der Waals surface area contributed by atoms with Crippen LogP contribution in [-0.2, 0) is 6.54 Å². The second kappa shape index (κ2) is 5.04. The zero-order chi connectivity index (χ0) is 11.5. The first-order valence-electron chi connectivity index (χ1n) is 5.62. The van der Waals surface area contributed by atoms with E-state index in [2.05, 4.69) is 16.8 Å². The molecule has 3 nitrogen and oxygen atoms in total. The first-order valence-corrected chi connectivity index (χ1v) is 6.00. The summed E-state index contributed by atoms with van der Waals surface area (Å²) >= 11 is 6.04. The lowest BCUT2D eigenvalue weighted by atomic mass is 10.1. The fourth-order valence-electron chi connectivity index (χ4n) is 2.05. The smallest absolute Gasteiger partial charge is 0.0427 e. The van der Waals surface area contributed by atoms with Crippen LogP contribution in [0.15, 0.2) is 18.2 Å². The van der Waals surface area contributed by atoms with E-state index in [1.165, 1.54) is 11.3 Å². The number of piperazine rings is 1. The van der Waals surface area contributed by atoms with Crippen molar-refractivity contribution in [2.45, 2.75) is 6.54 Å². The molecule has 0 bridgehead atoms. The third-order valence-electron chi connectivity index (χ3n) is 3.11. The number of hydrogen-bond acceptors (Lipinski definition) is 3. The summed E-state index contributed by atoms with van der Waals surface area (Å²) in [4.78, 5) is 4.71. The molecule has 1 heterocycles. The van der Waals surface area contributed by atoms with Crippen molar-refractivity contribution in [3.8, 4) is 0 Å². The molecule has 2 N–H and O–H groups in total. The molecule has 0 saturated carbocycles. The Morgan fingerprint density at radius 2 is 1.94 bits per heavy atom. The van der Waals surface area contributed by atoms with Crippen molar-refractivity contribution in [2.75, 3.05) is 38.1 Å². The predicted octanol–water partition coefficient (Wildman–Crippen LogP) is 1.55. The van der Waals surface area contributed by atoms with Gasteiger partial charge in [-0.1, -0.05) is 17.7 Å². The molecule has 88 valence electrons. The summed E-state index contributed by atoms with van der Waals surface area (Å²) in [5.41, 5.74) is 8.13. The van der Waals surface area contributed by atoms with E-state index in [-0.39, 0.29) is 0 Å². The molecule has 0 unspecified atom stereocenters. The van der Waals surface area contributed by atoms with Gasteiger partial charge < -0.3 is 15.5 Å². The quantitative estimate of drug-likeness (QED) is 0.850. The fraction of sp³-hybridized carbons (Fsp3) is 0.500. The average Bonchev–Trinajstić information content (AvgIpc) is 2.30. The molecule has 0 atom stereocenters. The van der Waals surface area contributed by atoms with Crippen LogP contribution < -0.4 is 10.6 Å². The van der Waals surface area contributed by atoms with Crippen LogP contribution in [0.1, 0.15) is 5.56 Å². The van der Waals surface area contributed by atoms with Crippen molar-refractivity contribution in [2.24, 2.45) is 5.73 Å². The molecule has 0 spiro atoms. The van der Waals surface area contributed by atoms with E-state index < -0.39 is 0 Å². The molecule has 16 heavy (non-hydrogen) atoms. The Bertz CT molecular complexity index is 359. The summed E-state index contributed by atoms with van der Waals surface area (Å²) in [6.07, 6.45) is 0. The highest BCUT2D eigenvalue weighted by atomic mass is 35.5. The Kier molecular flexibility index (Phi) is 3.69. The Morgan fingerprint density at radius 3 is 2.56 bits per heavy atom. The lowest BCUT2D eigenvalue weighted by Crippen LogP contribution is -2.44. The van der Waals surface area contributed by atoms with E-state index in [9.17, 15) is 0 Å². The summed E-state index contributed by atoms with van der Waals surface area (Å²) in [7, 11) is 2.15. The van der Waals surface area contributed by atoms with Crippen LogP contribution in [0.3, 0.4) is 0 Å². The van der Waals surface area contributed by atoms with Gasteiger partial charge >= 0.3 is 0 Å². The first-order chi connectivity index (χ1) is 7.70. The Morgan fingerprint density at radius 1 is 1.25 bits per heavy atom. The maximum Gasteiger partial charge on any atom is 0.0427 e. The minimum absolute atomic E-state index is 0.568. The SMILES string of the molecule is CN1CCN(c2cc(Cl)ccc2CN)CC1. The molecule has 0 aromatic heterocycles. The highest BCUT2D eigenvalue weighted by molar-refractivity contribution is 6.30. The van der Waals surface area contributed by atoms with Gasteiger partial charge in [0.2, 0.25) is 0 Å². The molecule has 1 aliphatic rings. The number of hydrogen-bond donors (Lipinski definition) is 1. The van der Waals surface area contributed by atoms with Crippen LogP contribution >= 0.6 is 11.6 Å². The number of anilines is 1. The highest BCUT2D eigenvalue weighted by Gasteiger charge is 2.16. The summed E-state index contributed by atoms with van der Waals surface area (Å²) in [6, 6.07) is 5.95. The van der Waals surface area contributed by atoms with Crippen molar-refractivity contribution in [1.29, 1.82) is 0 Å². The Balaban J connectivity index is 2.21. The summed E-state index contributed by atoms with van der Waals surface area (Å²) < 4.78 is 0. The monoisotopic (exact) mass is 239 g/mol. The highest BCUT2D eigenvalue weighted by Crippen LogP contribution is 2.25. The summed E-state index contributed by atoms with van der Waals surface area (Å²) in [6.45, 7) is 4.85. The van der Waals surface area contributed by atoms with Crippen LogP contribution in [-0.4, -0.2) is 38.1 Å². The van der Waals surface area contributed by atoms with Crippen LogP contribution in [0.25, 0.3) is 0 Å². The van der Waals surface area contributed by atoms with Gasteiger partial charge in [-0.3, -0.25) is 0 Å². The lowest BCUT2D eigenvalue weighted by molar-refractivity contribution is 0.312. The van der Waals surface area contributed by atoms with Gasteiger partial charge in [0.05, 0.1) is 0 Å². The third kappa shape index (κ3) is 2.48. The maximum atomic E-state index is 6.04. The van der Waals surface area contributed by atoms with Crippen molar-refractivity contribution >= 4 is 17.3 Å². The topological polar surface area (TPSA) is 32.5 Å². The summed E-state index contributed by atoms with van der Waals surface area (Å²) in [5.74, 6) is 0. The Labute approximate surface area is 102 Å². The van der Waals surface area contributed by atoms with E-state index in [0.29, 0.717) is 6.54 Å². The van der Waals surface area contributed by atoms with Gasteiger partial charge in [-0.25, -0.2) is 0 Å². The molecule has 0 amide bonds. The van der Waals surface area contributed by atoms with Gasteiger partial charge in [0.15, 0.2) is 0 Å². The van der Waals surface area contributed by atoms with Gasteiger partial charge in [-0.05, 0) is 24.7 Å². The predicted molar refractivity (Wildman–Crippen MR) is 69.1 cm³/mol. The molecule has 1 fully saturated rings. The molecule has 1 aromatic rings. The van der Waals surface area contributed by atoms with E-state index in [4.69, 9.17) is 17.3 Å². The van der Waals surface area contributed by atoms with Crippen LogP contribution in [0.2, 0.25) is 5.02 Å². The van der Waals surface area contributed by atoms with E-state index in [1.54, 1.807) is 0 Å². The van der Waals surface area contributed by atoms with E-state index in [1.807, 2.05) is 18.2 Å². The van der Waals surface area contributed by atoms with Crippen LogP contribution in [0.5, 0.6) is 0 Å². The number of benzene rings is 1. The number of nitrogens with zero attached hydrogens (tertiary/aromatic N) is 2. The van der Waals surface area contributed by atoms with Crippen molar-refractivity contribution in [3.05, 3.63) is 28.8 Å². The molecule has 2 rings (SSSR count). The van der Waals surface area contributed by atoms with Crippen molar-refractivity contribution in [3.63, 3.8) is 0 Å². The van der Waals surface area contributed by atoms with Gasteiger partial charge in [-0.15, -0.1) is 0 Å². The molecular weight excluding hydrogens is 222 g/mol. The minimum Gasteiger partial charge on any atom is -0.369 e. The third-order valence-corrected chi connectivity index (χ3v) is 3.35. The number of likely N-dealkylation sites (N-methyl/N-ethyl adjacent to an activating group) is 1.